The average molecular weight is 614 g/mol. The van der Waals surface area contributed by atoms with Crippen LogP contribution in [0, 0.1) is 6.92 Å². The number of ether oxygens (including phenoxy) is 1. The Labute approximate surface area is 254 Å². The van der Waals surface area contributed by atoms with Gasteiger partial charge in [0.1, 0.15) is 18.3 Å². The maximum absolute atomic E-state index is 14.2. The number of halogens is 1. The molecule has 0 aliphatic carbocycles. The van der Waals surface area contributed by atoms with Crippen molar-refractivity contribution in [3.8, 4) is 5.75 Å². The van der Waals surface area contributed by atoms with Gasteiger partial charge >= 0.3 is 0 Å². The van der Waals surface area contributed by atoms with Crippen LogP contribution in [0.1, 0.15) is 52.2 Å². The fourth-order valence-corrected chi connectivity index (χ4v) is 6.03. The number of carbonyl (C=O) groups excluding carboxylic acids is 2. The molecule has 42 heavy (non-hydrogen) atoms. The van der Waals surface area contributed by atoms with Gasteiger partial charge in [-0.25, -0.2) is 8.42 Å². The normalized spacial score (nSPS) is 12.4. The van der Waals surface area contributed by atoms with E-state index in [1.807, 2.05) is 41.5 Å². The van der Waals surface area contributed by atoms with Crippen LogP contribution in [0.15, 0.2) is 77.7 Å². The highest BCUT2D eigenvalue weighted by molar-refractivity contribution is 7.92. The van der Waals surface area contributed by atoms with Gasteiger partial charge in [-0.3, -0.25) is 13.9 Å². The summed E-state index contributed by atoms with van der Waals surface area (Å²) in [6.07, 6.45) is 0.311. The lowest BCUT2D eigenvalue weighted by molar-refractivity contribution is -0.141. The second-order valence-corrected chi connectivity index (χ2v) is 13.3. The third kappa shape index (κ3) is 8.49. The van der Waals surface area contributed by atoms with Gasteiger partial charge in [-0.05, 0) is 89.1 Å². The summed E-state index contributed by atoms with van der Waals surface area (Å²) in [7, 11) is -4.17. The van der Waals surface area contributed by atoms with E-state index in [0.29, 0.717) is 29.4 Å². The van der Waals surface area contributed by atoms with E-state index in [9.17, 15) is 18.0 Å². The molecule has 0 radical (unpaired) electrons. The zero-order valence-corrected chi connectivity index (χ0v) is 26.6. The molecule has 1 N–H and O–H groups in total. The van der Waals surface area contributed by atoms with Crippen LogP contribution in [0.4, 0.5) is 5.69 Å². The summed E-state index contributed by atoms with van der Waals surface area (Å²) in [5.41, 5.74) is 1.30. The van der Waals surface area contributed by atoms with Gasteiger partial charge < -0.3 is 15.0 Å². The summed E-state index contributed by atoms with van der Waals surface area (Å²) < 4.78 is 34.6. The molecule has 0 saturated heterocycles. The molecule has 3 aromatic carbocycles. The molecule has 0 aliphatic rings. The zero-order chi connectivity index (χ0) is 31.1. The number of rotatable bonds is 12. The van der Waals surface area contributed by atoms with Gasteiger partial charge in [0.15, 0.2) is 0 Å². The Morgan fingerprint density at radius 2 is 1.57 bits per heavy atom. The van der Waals surface area contributed by atoms with Crippen molar-refractivity contribution < 1.29 is 22.7 Å². The molecule has 226 valence electrons. The average Bonchev–Trinajstić information content (AvgIpc) is 2.92. The van der Waals surface area contributed by atoms with Gasteiger partial charge in [0.05, 0.1) is 17.2 Å². The molecule has 3 aromatic rings. The summed E-state index contributed by atoms with van der Waals surface area (Å²) in [6.45, 7) is 11.1. The number of amides is 2. The predicted molar refractivity (Wildman–Crippen MR) is 167 cm³/mol. The van der Waals surface area contributed by atoms with Crippen molar-refractivity contribution in [3.05, 3.63) is 88.9 Å². The molecule has 0 spiro atoms. The van der Waals surface area contributed by atoms with Crippen molar-refractivity contribution >= 4 is 39.1 Å². The molecule has 0 aromatic heterocycles. The molecular weight excluding hydrogens is 574 g/mol. The maximum Gasteiger partial charge on any atom is 0.264 e. The van der Waals surface area contributed by atoms with Gasteiger partial charge in [-0.1, -0.05) is 54.4 Å². The van der Waals surface area contributed by atoms with Crippen LogP contribution in [0.25, 0.3) is 0 Å². The van der Waals surface area contributed by atoms with Gasteiger partial charge in [0.25, 0.3) is 10.0 Å². The molecule has 1 atom stereocenters. The molecule has 8 nitrogen and oxygen atoms in total. The van der Waals surface area contributed by atoms with E-state index >= 15 is 0 Å². The molecule has 0 bridgehead atoms. The number of nitrogens with one attached hydrogen (secondary N) is 1. The Hall–Kier alpha value is -3.56. The minimum absolute atomic E-state index is 0.0241. The largest absolute Gasteiger partial charge is 0.494 e. The molecule has 0 saturated carbocycles. The molecule has 0 fully saturated rings. The Kier molecular flexibility index (Phi) is 11.0. The van der Waals surface area contributed by atoms with Crippen molar-refractivity contribution in [3.63, 3.8) is 0 Å². The third-order valence-electron chi connectivity index (χ3n) is 6.51. The number of nitrogens with zero attached hydrogens (tertiary/aromatic N) is 2. The van der Waals surface area contributed by atoms with Gasteiger partial charge in [0.2, 0.25) is 11.8 Å². The maximum atomic E-state index is 14.2. The van der Waals surface area contributed by atoms with E-state index in [2.05, 4.69) is 5.32 Å². The Bertz CT molecular complexity index is 1470. The predicted octanol–water partition coefficient (Wildman–Crippen LogP) is 5.96. The molecule has 3 rings (SSSR count). The van der Waals surface area contributed by atoms with E-state index in [4.69, 9.17) is 16.3 Å². The zero-order valence-electron chi connectivity index (χ0n) is 25.1. The number of hydrogen-bond acceptors (Lipinski definition) is 5. The minimum Gasteiger partial charge on any atom is -0.494 e. The number of benzene rings is 3. The first-order valence-corrected chi connectivity index (χ1v) is 15.8. The summed E-state index contributed by atoms with van der Waals surface area (Å²) >= 11 is 6.46. The fourth-order valence-electron chi connectivity index (χ4n) is 4.42. The van der Waals surface area contributed by atoms with Crippen molar-refractivity contribution in [1.29, 1.82) is 0 Å². The lowest BCUT2D eigenvalue weighted by atomic mass is 10.1. The second-order valence-electron chi connectivity index (χ2n) is 11.0. The lowest BCUT2D eigenvalue weighted by Gasteiger charge is -2.35. The van der Waals surface area contributed by atoms with E-state index < -0.39 is 34.1 Å². The van der Waals surface area contributed by atoms with Crippen LogP contribution in [0.3, 0.4) is 0 Å². The standard InChI is InChI=1S/C32H40ClN3O5S/c1-7-29(31(38)34-32(4,5)6)35(21-24-11-9-10-12-28(24)33)30(37)22-36(25-15-17-26(18-16-25)41-8-2)42(39,40)27-19-13-23(3)14-20-27/h9-20,29H,7-8,21-22H2,1-6H3,(H,34,38)/t29-/m1/s1. The van der Waals surface area contributed by atoms with Crippen LogP contribution in [-0.4, -0.2) is 49.9 Å². The highest BCUT2D eigenvalue weighted by atomic mass is 35.5. The Morgan fingerprint density at radius 3 is 2.12 bits per heavy atom. The number of sulfonamides is 1. The number of hydrogen-bond donors (Lipinski definition) is 1. The first-order chi connectivity index (χ1) is 19.8. The van der Waals surface area contributed by atoms with Crippen LogP contribution in [-0.2, 0) is 26.2 Å². The minimum atomic E-state index is -4.17. The van der Waals surface area contributed by atoms with Gasteiger partial charge in [-0.2, -0.15) is 0 Å². The first kappa shape index (κ1) is 32.9. The number of carbonyl (C=O) groups is 2. The monoisotopic (exact) mass is 613 g/mol. The third-order valence-corrected chi connectivity index (χ3v) is 8.66. The van der Waals surface area contributed by atoms with Crippen LogP contribution in [0.2, 0.25) is 5.02 Å². The number of aryl methyl sites for hydroxylation is 1. The summed E-state index contributed by atoms with van der Waals surface area (Å²) in [6, 6.07) is 19.2. The molecule has 0 unspecified atom stereocenters. The van der Waals surface area contributed by atoms with Crippen molar-refractivity contribution in [2.45, 2.75) is 71.0 Å². The van der Waals surface area contributed by atoms with Crippen LogP contribution < -0.4 is 14.4 Å². The smallest absolute Gasteiger partial charge is 0.264 e. The Morgan fingerprint density at radius 1 is 0.952 bits per heavy atom. The summed E-state index contributed by atoms with van der Waals surface area (Å²) in [5.74, 6) is -0.305. The molecule has 0 heterocycles. The van der Waals surface area contributed by atoms with Crippen molar-refractivity contribution in [1.82, 2.24) is 10.2 Å². The molecule has 2 amide bonds. The molecular formula is C32H40ClN3O5S. The van der Waals surface area contributed by atoms with Crippen LogP contribution >= 0.6 is 11.6 Å². The summed E-state index contributed by atoms with van der Waals surface area (Å²) in [5, 5.41) is 3.40. The summed E-state index contributed by atoms with van der Waals surface area (Å²) in [4.78, 5) is 29.1. The molecule has 0 aliphatic heterocycles. The molecule has 10 heteroatoms. The van der Waals surface area contributed by atoms with E-state index in [0.717, 1.165) is 9.87 Å². The van der Waals surface area contributed by atoms with E-state index in [1.165, 1.54) is 17.0 Å². The van der Waals surface area contributed by atoms with E-state index in [1.54, 1.807) is 60.7 Å². The van der Waals surface area contributed by atoms with Crippen molar-refractivity contribution in [2.24, 2.45) is 0 Å². The van der Waals surface area contributed by atoms with E-state index in [-0.39, 0.29) is 23.0 Å². The van der Waals surface area contributed by atoms with Crippen molar-refractivity contribution in [2.75, 3.05) is 17.5 Å². The Balaban J connectivity index is 2.08. The highest BCUT2D eigenvalue weighted by Gasteiger charge is 2.34. The topological polar surface area (TPSA) is 96.0 Å². The second kappa shape index (κ2) is 14.1. The highest BCUT2D eigenvalue weighted by Crippen LogP contribution is 2.28. The SMILES string of the molecule is CCOc1ccc(N(CC(=O)N(Cc2ccccc2Cl)[C@H](CC)C(=O)NC(C)(C)C)S(=O)(=O)c2ccc(C)cc2)cc1. The fraction of sp³-hybridized carbons (Fsp3) is 0.375. The lowest BCUT2D eigenvalue weighted by Crippen LogP contribution is -2.55. The number of anilines is 1. The van der Waals surface area contributed by atoms with Crippen LogP contribution in [0.5, 0.6) is 5.75 Å². The quantitative estimate of drug-likeness (QED) is 0.272. The van der Waals surface area contributed by atoms with Gasteiger partial charge in [0, 0.05) is 17.1 Å². The first-order valence-electron chi connectivity index (χ1n) is 13.9. The van der Waals surface area contributed by atoms with Gasteiger partial charge in [-0.15, -0.1) is 0 Å².